The third kappa shape index (κ3) is 2.47. The van der Waals surface area contributed by atoms with Crippen molar-refractivity contribution < 1.29 is 4.74 Å². The molecule has 2 aromatic rings. The van der Waals surface area contributed by atoms with Gasteiger partial charge in [-0.1, -0.05) is 0 Å². The van der Waals surface area contributed by atoms with Crippen LogP contribution in [0.4, 0.5) is 0 Å². The third-order valence-electron chi connectivity index (χ3n) is 1.71. The molecule has 76 valence electrons. The van der Waals surface area contributed by atoms with Crippen molar-refractivity contribution in [2.24, 2.45) is 0 Å². The SMILES string of the molecule is COc1ccc2cncnc2c1.Cl.Cl. The normalized spacial score (nSPS) is 8.64. The molecular weight excluding hydrogens is 223 g/mol. The lowest BCUT2D eigenvalue weighted by atomic mass is 10.2. The molecule has 0 fully saturated rings. The van der Waals surface area contributed by atoms with Gasteiger partial charge in [-0.15, -0.1) is 24.8 Å². The summed E-state index contributed by atoms with van der Waals surface area (Å²) < 4.78 is 5.06. The number of fused-ring (bicyclic) bond motifs is 1. The fourth-order valence-electron chi connectivity index (χ4n) is 1.08. The third-order valence-corrected chi connectivity index (χ3v) is 1.71. The number of rotatable bonds is 1. The predicted molar refractivity (Wildman–Crippen MR) is 60.6 cm³/mol. The standard InChI is InChI=1S/C9H8N2O.2ClH/c1-12-8-3-2-7-5-10-6-11-9(7)4-8;;/h2-6H,1H3;2*1H. The van der Waals surface area contributed by atoms with Crippen LogP contribution >= 0.6 is 24.8 Å². The average Bonchev–Trinajstić information content (AvgIpc) is 2.17. The first-order valence-corrected chi connectivity index (χ1v) is 3.64. The van der Waals surface area contributed by atoms with Crippen LogP contribution in [0.3, 0.4) is 0 Å². The highest BCUT2D eigenvalue weighted by Crippen LogP contribution is 2.16. The number of hydrogen-bond acceptors (Lipinski definition) is 3. The van der Waals surface area contributed by atoms with E-state index in [0.29, 0.717) is 0 Å². The van der Waals surface area contributed by atoms with Gasteiger partial charge in [-0.3, -0.25) is 0 Å². The number of benzene rings is 1. The molecule has 0 saturated carbocycles. The van der Waals surface area contributed by atoms with Crippen molar-refractivity contribution in [1.29, 1.82) is 0 Å². The van der Waals surface area contributed by atoms with Gasteiger partial charge in [0.2, 0.25) is 0 Å². The van der Waals surface area contributed by atoms with Gasteiger partial charge in [0.15, 0.2) is 0 Å². The van der Waals surface area contributed by atoms with E-state index in [1.54, 1.807) is 13.3 Å². The first-order valence-electron chi connectivity index (χ1n) is 3.64. The van der Waals surface area contributed by atoms with E-state index in [1.165, 1.54) is 6.33 Å². The van der Waals surface area contributed by atoms with E-state index in [1.807, 2.05) is 18.2 Å². The van der Waals surface area contributed by atoms with E-state index in [0.717, 1.165) is 16.7 Å². The van der Waals surface area contributed by atoms with Crippen LogP contribution in [0, 0.1) is 0 Å². The molecule has 0 N–H and O–H groups in total. The quantitative estimate of drug-likeness (QED) is 0.758. The Labute approximate surface area is 94.3 Å². The fourth-order valence-corrected chi connectivity index (χ4v) is 1.08. The van der Waals surface area contributed by atoms with Gasteiger partial charge in [0.1, 0.15) is 12.1 Å². The maximum absolute atomic E-state index is 5.06. The lowest BCUT2D eigenvalue weighted by Crippen LogP contribution is -1.84. The van der Waals surface area contributed by atoms with E-state index in [9.17, 15) is 0 Å². The lowest BCUT2D eigenvalue weighted by molar-refractivity contribution is 0.415. The summed E-state index contributed by atoms with van der Waals surface area (Å²) in [6.45, 7) is 0. The molecule has 3 nitrogen and oxygen atoms in total. The highest BCUT2D eigenvalue weighted by molar-refractivity contribution is 5.85. The minimum Gasteiger partial charge on any atom is -0.497 e. The molecule has 1 aromatic heterocycles. The number of methoxy groups -OCH3 is 1. The Morgan fingerprint density at radius 1 is 1.21 bits per heavy atom. The highest BCUT2D eigenvalue weighted by atomic mass is 35.5. The van der Waals surface area contributed by atoms with Crippen LogP contribution < -0.4 is 4.74 Å². The number of hydrogen-bond donors (Lipinski definition) is 0. The van der Waals surface area contributed by atoms with Crippen molar-refractivity contribution in [2.75, 3.05) is 7.11 Å². The molecule has 0 saturated heterocycles. The van der Waals surface area contributed by atoms with E-state index in [4.69, 9.17) is 4.74 Å². The summed E-state index contributed by atoms with van der Waals surface area (Å²) in [5, 5.41) is 1.03. The molecule has 1 heterocycles. The van der Waals surface area contributed by atoms with Crippen LogP contribution in [-0.4, -0.2) is 17.1 Å². The second-order valence-electron chi connectivity index (χ2n) is 2.45. The van der Waals surface area contributed by atoms with Crippen LogP contribution in [-0.2, 0) is 0 Å². The summed E-state index contributed by atoms with van der Waals surface area (Å²) in [4.78, 5) is 8.02. The lowest BCUT2D eigenvalue weighted by Gasteiger charge is -1.99. The van der Waals surface area contributed by atoms with Crippen LogP contribution in [0.15, 0.2) is 30.7 Å². The van der Waals surface area contributed by atoms with E-state index in [2.05, 4.69) is 9.97 Å². The van der Waals surface area contributed by atoms with Gasteiger partial charge < -0.3 is 4.74 Å². The fraction of sp³-hybridized carbons (Fsp3) is 0.111. The van der Waals surface area contributed by atoms with Crippen molar-refractivity contribution in [1.82, 2.24) is 9.97 Å². The summed E-state index contributed by atoms with van der Waals surface area (Å²) in [5.74, 6) is 0.821. The zero-order valence-electron chi connectivity index (χ0n) is 7.51. The molecule has 5 heteroatoms. The first kappa shape index (κ1) is 12.9. The molecule has 0 radical (unpaired) electrons. The molecule has 0 unspecified atom stereocenters. The Morgan fingerprint density at radius 2 is 2.00 bits per heavy atom. The molecular formula is C9H10Cl2N2O. The van der Waals surface area contributed by atoms with Crippen LogP contribution in [0.25, 0.3) is 10.9 Å². The minimum absolute atomic E-state index is 0. The van der Waals surface area contributed by atoms with Gasteiger partial charge in [0.25, 0.3) is 0 Å². The van der Waals surface area contributed by atoms with E-state index >= 15 is 0 Å². The second kappa shape index (κ2) is 5.62. The number of nitrogens with zero attached hydrogens (tertiary/aromatic N) is 2. The molecule has 0 amide bonds. The summed E-state index contributed by atoms with van der Waals surface area (Å²) >= 11 is 0. The highest BCUT2D eigenvalue weighted by Gasteiger charge is 1.95. The molecule has 0 atom stereocenters. The maximum Gasteiger partial charge on any atom is 0.121 e. The van der Waals surface area contributed by atoms with E-state index < -0.39 is 0 Å². The van der Waals surface area contributed by atoms with Gasteiger partial charge in [0.05, 0.1) is 12.6 Å². The van der Waals surface area contributed by atoms with Gasteiger partial charge >= 0.3 is 0 Å². The maximum atomic E-state index is 5.06. The summed E-state index contributed by atoms with van der Waals surface area (Å²) in [6, 6.07) is 5.72. The Balaban J connectivity index is 0.000000845. The zero-order chi connectivity index (χ0) is 8.39. The smallest absolute Gasteiger partial charge is 0.121 e. The topological polar surface area (TPSA) is 35.0 Å². The number of aromatic nitrogens is 2. The average molecular weight is 233 g/mol. The molecule has 0 aliphatic heterocycles. The molecule has 1 aromatic carbocycles. The molecule has 14 heavy (non-hydrogen) atoms. The molecule has 2 rings (SSSR count). The zero-order valence-corrected chi connectivity index (χ0v) is 9.14. The Morgan fingerprint density at radius 3 is 2.71 bits per heavy atom. The van der Waals surface area contributed by atoms with Gasteiger partial charge in [-0.05, 0) is 12.1 Å². The molecule has 0 aliphatic rings. The molecule has 0 bridgehead atoms. The largest absolute Gasteiger partial charge is 0.497 e. The summed E-state index contributed by atoms with van der Waals surface area (Å²) in [6.07, 6.45) is 3.31. The van der Waals surface area contributed by atoms with E-state index in [-0.39, 0.29) is 24.8 Å². The monoisotopic (exact) mass is 232 g/mol. The molecule has 0 aliphatic carbocycles. The van der Waals surface area contributed by atoms with Gasteiger partial charge in [0, 0.05) is 17.6 Å². The number of ether oxygens (including phenoxy) is 1. The van der Waals surface area contributed by atoms with Crippen LogP contribution in [0.1, 0.15) is 0 Å². The predicted octanol–water partition coefficient (Wildman–Crippen LogP) is 2.48. The second-order valence-corrected chi connectivity index (χ2v) is 2.45. The minimum atomic E-state index is 0. The summed E-state index contributed by atoms with van der Waals surface area (Å²) in [5.41, 5.74) is 0.907. The van der Waals surface area contributed by atoms with Crippen molar-refractivity contribution >= 4 is 35.7 Å². The Bertz CT molecular complexity index is 409. The van der Waals surface area contributed by atoms with Crippen molar-refractivity contribution in [3.8, 4) is 5.75 Å². The first-order chi connectivity index (χ1) is 5.90. The Kier molecular flexibility index (Phi) is 5.20. The van der Waals surface area contributed by atoms with Gasteiger partial charge in [-0.2, -0.15) is 0 Å². The number of halogens is 2. The van der Waals surface area contributed by atoms with Gasteiger partial charge in [-0.25, -0.2) is 9.97 Å². The van der Waals surface area contributed by atoms with Crippen LogP contribution in [0.5, 0.6) is 5.75 Å². The van der Waals surface area contributed by atoms with Crippen LogP contribution in [0.2, 0.25) is 0 Å². The Hall–Kier alpha value is -1.06. The van der Waals surface area contributed by atoms with Crippen molar-refractivity contribution in [3.05, 3.63) is 30.7 Å². The summed E-state index contributed by atoms with van der Waals surface area (Å²) in [7, 11) is 1.64. The molecule has 0 spiro atoms. The van der Waals surface area contributed by atoms with Crippen molar-refractivity contribution in [2.45, 2.75) is 0 Å². The van der Waals surface area contributed by atoms with Crippen molar-refractivity contribution in [3.63, 3.8) is 0 Å².